The second-order valence-corrected chi connectivity index (χ2v) is 6.41. The molecule has 156 valence electrons. The van der Waals surface area contributed by atoms with Gasteiger partial charge in [-0.25, -0.2) is 0 Å². The average molecular weight is 388 g/mol. The zero-order valence-electron chi connectivity index (χ0n) is 16.0. The van der Waals surface area contributed by atoms with Crippen LogP contribution in [0, 0.1) is 0 Å². The fourth-order valence-electron chi connectivity index (χ4n) is 2.34. The van der Waals surface area contributed by atoms with Crippen LogP contribution >= 0.6 is 0 Å². The number of esters is 2. The van der Waals surface area contributed by atoms with E-state index in [4.69, 9.17) is 19.7 Å². The smallest absolute Gasteiger partial charge is 0.305 e. The van der Waals surface area contributed by atoms with Crippen LogP contribution in [0.1, 0.15) is 83.5 Å². The lowest BCUT2D eigenvalue weighted by atomic mass is 10.1. The van der Waals surface area contributed by atoms with E-state index >= 15 is 0 Å². The van der Waals surface area contributed by atoms with E-state index in [0.29, 0.717) is 38.9 Å². The molecular formula is C19H32O8. The summed E-state index contributed by atoms with van der Waals surface area (Å²) in [5.41, 5.74) is 0. The molecule has 0 aromatic carbocycles. The molecule has 0 spiro atoms. The van der Waals surface area contributed by atoms with Crippen LogP contribution in [-0.2, 0) is 28.7 Å². The molecule has 0 amide bonds. The second-order valence-electron chi connectivity index (χ2n) is 6.41. The van der Waals surface area contributed by atoms with Crippen LogP contribution in [0.3, 0.4) is 0 Å². The molecule has 0 atom stereocenters. The molecule has 2 N–H and O–H groups in total. The maximum Gasteiger partial charge on any atom is 0.305 e. The standard InChI is InChI=1S/C19H32O8/c20-16(21)10-4-6-12-18(24)26-14-8-2-1-3-9-15-27-19(25)13-7-5-11-17(22)23/h1-15H2,(H,20,21)(H,22,23). The zero-order chi connectivity index (χ0) is 20.3. The lowest BCUT2D eigenvalue weighted by molar-refractivity contribution is -0.144. The number of carboxylic acid groups (broad SMARTS) is 2. The van der Waals surface area contributed by atoms with Crippen LogP contribution in [0.5, 0.6) is 0 Å². The van der Waals surface area contributed by atoms with Gasteiger partial charge in [0.1, 0.15) is 0 Å². The fourth-order valence-corrected chi connectivity index (χ4v) is 2.34. The summed E-state index contributed by atoms with van der Waals surface area (Å²) in [5, 5.41) is 17.0. The van der Waals surface area contributed by atoms with Gasteiger partial charge in [0.2, 0.25) is 0 Å². The van der Waals surface area contributed by atoms with E-state index in [-0.39, 0.29) is 37.6 Å². The molecule has 8 heteroatoms. The van der Waals surface area contributed by atoms with Crippen LogP contribution in [0.15, 0.2) is 0 Å². The van der Waals surface area contributed by atoms with Crippen LogP contribution in [-0.4, -0.2) is 47.3 Å². The lowest BCUT2D eigenvalue weighted by Crippen LogP contribution is -2.07. The van der Waals surface area contributed by atoms with Crippen molar-refractivity contribution in [1.82, 2.24) is 0 Å². The topological polar surface area (TPSA) is 127 Å². The number of rotatable bonds is 18. The van der Waals surface area contributed by atoms with Gasteiger partial charge in [0.05, 0.1) is 13.2 Å². The first-order valence-electron chi connectivity index (χ1n) is 9.66. The first-order chi connectivity index (χ1) is 12.9. The highest BCUT2D eigenvalue weighted by Gasteiger charge is 2.05. The summed E-state index contributed by atoms with van der Waals surface area (Å²) in [6.07, 6.45) is 7.08. The van der Waals surface area contributed by atoms with Crippen molar-refractivity contribution >= 4 is 23.9 Å². The Morgan fingerprint density at radius 1 is 0.481 bits per heavy atom. The first kappa shape index (κ1) is 24.9. The number of hydrogen-bond acceptors (Lipinski definition) is 6. The Morgan fingerprint density at radius 3 is 1.19 bits per heavy atom. The number of carbonyl (C=O) groups is 4. The number of carboxylic acids is 2. The number of hydrogen-bond donors (Lipinski definition) is 2. The van der Waals surface area contributed by atoms with Crippen LogP contribution < -0.4 is 0 Å². The molecule has 0 fully saturated rings. The molecule has 0 aliphatic carbocycles. The van der Waals surface area contributed by atoms with Crippen molar-refractivity contribution in [2.45, 2.75) is 83.5 Å². The third kappa shape index (κ3) is 20.0. The summed E-state index contributed by atoms with van der Waals surface area (Å²) >= 11 is 0. The van der Waals surface area contributed by atoms with Gasteiger partial charge in [0.25, 0.3) is 0 Å². The van der Waals surface area contributed by atoms with Gasteiger partial charge in [-0.05, 0) is 38.5 Å². The normalized spacial score (nSPS) is 10.4. The van der Waals surface area contributed by atoms with Crippen molar-refractivity contribution in [3.8, 4) is 0 Å². The van der Waals surface area contributed by atoms with Gasteiger partial charge < -0.3 is 19.7 Å². The van der Waals surface area contributed by atoms with E-state index in [1.54, 1.807) is 0 Å². The highest BCUT2D eigenvalue weighted by Crippen LogP contribution is 2.07. The van der Waals surface area contributed by atoms with E-state index in [2.05, 4.69) is 0 Å². The van der Waals surface area contributed by atoms with Crippen LogP contribution in [0.4, 0.5) is 0 Å². The van der Waals surface area contributed by atoms with E-state index in [0.717, 1.165) is 32.1 Å². The first-order valence-corrected chi connectivity index (χ1v) is 9.66. The molecule has 0 bridgehead atoms. The van der Waals surface area contributed by atoms with E-state index in [9.17, 15) is 19.2 Å². The molecule has 0 rings (SSSR count). The van der Waals surface area contributed by atoms with E-state index in [1.165, 1.54) is 0 Å². The Balaban J connectivity index is 3.30. The van der Waals surface area contributed by atoms with Gasteiger partial charge in [-0.3, -0.25) is 19.2 Å². The summed E-state index contributed by atoms with van der Waals surface area (Å²) in [5.74, 6) is -2.27. The Bertz CT molecular complexity index is 407. The maximum absolute atomic E-state index is 11.4. The number of aliphatic carboxylic acids is 2. The number of carbonyl (C=O) groups excluding carboxylic acids is 2. The van der Waals surface area contributed by atoms with Crippen molar-refractivity contribution in [2.24, 2.45) is 0 Å². The maximum atomic E-state index is 11.4. The zero-order valence-corrected chi connectivity index (χ0v) is 16.0. The molecule has 0 aliphatic heterocycles. The van der Waals surface area contributed by atoms with Crippen LogP contribution in [0.2, 0.25) is 0 Å². The Labute approximate surface area is 160 Å². The second kappa shape index (κ2) is 17.3. The van der Waals surface area contributed by atoms with E-state index in [1.807, 2.05) is 0 Å². The molecule has 0 aliphatic rings. The minimum atomic E-state index is -0.853. The van der Waals surface area contributed by atoms with Crippen molar-refractivity contribution < 1.29 is 38.9 Å². The molecule has 0 radical (unpaired) electrons. The van der Waals surface area contributed by atoms with Gasteiger partial charge in [0.15, 0.2) is 0 Å². The van der Waals surface area contributed by atoms with Crippen molar-refractivity contribution in [2.75, 3.05) is 13.2 Å². The largest absolute Gasteiger partial charge is 0.481 e. The van der Waals surface area contributed by atoms with Gasteiger partial charge >= 0.3 is 23.9 Å². The van der Waals surface area contributed by atoms with Crippen molar-refractivity contribution in [1.29, 1.82) is 0 Å². The molecule has 0 aromatic rings. The van der Waals surface area contributed by atoms with E-state index < -0.39 is 11.9 Å². The summed E-state index contributed by atoms with van der Waals surface area (Å²) < 4.78 is 10.2. The van der Waals surface area contributed by atoms with Crippen molar-refractivity contribution in [3.05, 3.63) is 0 Å². The van der Waals surface area contributed by atoms with Gasteiger partial charge in [-0.2, -0.15) is 0 Å². The average Bonchev–Trinajstić information content (AvgIpc) is 2.60. The molecule has 8 nitrogen and oxygen atoms in total. The third-order valence-electron chi connectivity index (χ3n) is 3.86. The van der Waals surface area contributed by atoms with Crippen molar-refractivity contribution in [3.63, 3.8) is 0 Å². The summed E-state index contributed by atoms with van der Waals surface area (Å²) in [6, 6.07) is 0. The minimum absolute atomic E-state index is 0.0767. The quantitative estimate of drug-likeness (QED) is 0.270. The highest BCUT2D eigenvalue weighted by molar-refractivity contribution is 5.70. The Kier molecular flexibility index (Phi) is 15.9. The molecule has 0 saturated carbocycles. The highest BCUT2D eigenvalue weighted by atomic mass is 16.5. The predicted octanol–water partition coefficient (Wildman–Crippen LogP) is 3.31. The fraction of sp³-hybridized carbons (Fsp3) is 0.789. The molecule has 0 aromatic heterocycles. The summed E-state index contributed by atoms with van der Waals surface area (Å²) in [4.78, 5) is 43.5. The van der Waals surface area contributed by atoms with Gasteiger partial charge in [-0.15, -0.1) is 0 Å². The van der Waals surface area contributed by atoms with Gasteiger partial charge in [-0.1, -0.05) is 19.3 Å². The molecule has 0 heterocycles. The Hall–Kier alpha value is -2.12. The molecule has 27 heavy (non-hydrogen) atoms. The predicted molar refractivity (Wildman–Crippen MR) is 97.2 cm³/mol. The van der Waals surface area contributed by atoms with Gasteiger partial charge in [0, 0.05) is 25.7 Å². The van der Waals surface area contributed by atoms with Crippen LogP contribution in [0.25, 0.3) is 0 Å². The molecule has 0 saturated heterocycles. The third-order valence-corrected chi connectivity index (χ3v) is 3.86. The molecular weight excluding hydrogens is 356 g/mol. The Morgan fingerprint density at radius 2 is 0.815 bits per heavy atom. The minimum Gasteiger partial charge on any atom is -0.481 e. The summed E-state index contributed by atoms with van der Waals surface area (Å²) in [7, 11) is 0. The lowest BCUT2D eigenvalue weighted by Gasteiger charge is -2.06. The monoisotopic (exact) mass is 388 g/mol. The number of unbranched alkanes of at least 4 members (excludes halogenated alkanes) is 6. The SMILES string of the molecule is O=C(O)CCCCC(=O)OCCCCCCCOC(=O)CCCCC(=O)O. The molecule has 0 unspecified atom stereocenters. The summed E-state index contributed by atoms with van der Waals surface area (Å²) in [6.45, 7) is 0.756. The number of ether oxygens (including phenoxy) is 2.